The molecule has 0 saturated carbocycles. The fourth-order valence-corrected chi connectivity index (χ4v) is 0.784. The molecule has 0 saturated heterocycles. The van der Waals surface area contributed by atoms with Gasteiger partial charge in [-0.15, -0.1) is 0 Å². The third kappa shape index (κ3) is 2.35. The second-order valence-electron chi connectivity index (χ2n) is 2.54. The molecule has 1 aromatic rings. The van der Waals surface area contributed by atoms with Crippen LogP contribution in [0.5, 0.6) is 0 Å². The zero-order valence-corrected chi connectivity index (χ0v) is 7.50. The quantitative estimate of drug-likeness (QED) is 0.638. The average Bonchev–Trinajstić information content (AvgIpc) is 2.03. The summed E-state index contributed by atoms with van der Waals surface area (Å²) in [6.07, 6.45) is 1.51. The summed E-state index contributed by atoms with van der Waals surface area (Å²) in [5.74, 6) is 1.58. The van der Waals surface area contributed by atoms with E-state index in [9.17, 15) is 0 Å². The molecule has 0 aliphatic rings. The first kappa shape index (κ1) is 8.73. The van der Waals surface area contributed by atoms with Crippen molar-refractivity contribution in [3.63, 3.8) is 0 Å². The second kappa shape index (κ2) is 3.87. The van der Waals surface area contributed by atoms with Crippen LogP contribution in [0.25, 0.3) is 0 Å². The predicted molar refractivity (Wildman–Crippen MR) is 48.9 cm³/mol. The fourth-order valence-electron chi connectivity index (χ4n) is 0.784. The van der Waals surface area contributed by atoms with Crippen molar-refractivity contribution in [2.45, 2.75) is 0 Å². The van der Waals surface area contributed by atoms with Gasteiger partial charge in [-0.25, -0.2) is 15.0 Å². The fraction of sp³-hybridized carbons (Fsp3) is 0.429. The van der Waals surface area contributed by atoms with Gasteiger partial charge in [-0.3, -0.25) is 0 Å². The van der Waals surface area contributed by atoms with Gasteiger partial charge in [-0.05, 0) is 0 Å². The first-order chi connectivity index (χ1) is 5.72. The smallest absolute Gasteiger partial charge is 0.145 e. The van der Waals surface area contributed by atoms with E-state index in [1.165, 1.54) is 6.33 Å². The van der Waals surface area contributed by atoms with Crippen LogP contribution in [0.15, 0.2) is 12.4 Å². The summed E-state index contributed by atoms with van der Waals surface area (Å²) in [4.78, 5) is 8.01. The Kier molecular flexibility index (Phi) is 2.82. The van der Waals surface area contributed by atoms with E-state index in [4.69, 9.17) is 0 Å². The maximum Gasteiger partial charge on any atom is 0.145 e. The Bertz CT molecular complexity index is 247. The standard InChI is InChI=1S/C7H13N5/c1-8-6-4-7(10-5-9-6)11-12(2)3/h4-5H,1-3H3,(H2,8,9,10,11). The number of hydrogen-bond acceptors (Lipinski definition) is 5. The van der Waals surface area contributed by atoms with Crippen molar-refractivity contribution in [2.24, 2.45) is 0 Å². The van der Waals surface area contributed by atoms with Crippen LogP contribution in [-0.2, 0) is 0 Å². The van der Waals surface area contributed by atoms with Gasteiger partial charge < -0.3 is 10.7 Å². The molecule has 0 bridgehead atoms. The Balaban J connectivity index is 2.72. The highest BCUT2D eigenvalue weighted by molar-refractivity contribution is 5.45. The van der Waals surface area contributed by atoms with Gasteiger partial charge in [-0.1, -0.05) is 0 Å². The zero-order valence-electron chi connectivity index (χ0n) is 7.50. The molecule has 1 heterocycles. The van der Waals surface area contributed by atoms with Crippen LogP contribution in [0.4, 0.5) is 11.6 Å². The summed E-state index contributed by atoms with van der Waals surface area (Å²) in [6, 6.07) is 1.83. The van der Waals surface area contributed by atoms with Crippen molar-refractivity contribution < 1.29 is 0 Å². The maximum absolute atomic E-state index is 4.02. The van der Waals surface area contributed by atoms with Crippen LogP contribution >= 0.6 is 0 Å². The topological polar surface area (TPSA) is 53.1 Å². The van der Waals surface area contributed by atoms with Crippen LogP contribution in [0.1, 0.15) is 0 Å². The van der Waals surface area contributed by atoms with E-state index in [1.54, 1.807) is 0 Å². The lowest BCUT2D eigenvalue weighted by Crippen LogP contribution is -2.20. The normalized spacial score (nSPS) is 10.0. The molecule has 0 radical (unpaired) electrons. The lowest BCUT2D eigenvalue weighted by Gasteiger charge is -2.12. The highest BCUT2D eigenvalue weighted by Gasteiger charge is 1.95. The van der Waals surface area contributed by atoms with E-state index in [1.807, 2.05) is 32.2 Å². The largest absolute Gasteiger partial charge is 0.373 e. The Labute approximate surface area is 71.8 Å². The molecule has 0 fully saturated rings. The number of nitrogens with zero attached hydrogens (tertiary/aromatic N) is 3. The Morgan fingerprint density at radius 2 is 1.92 bits per heavy atom. The molecular formula is C7H13N5. The summed E-state index contributed by atoms with van der Waals surface area (Å²) >= 11 is 0. The summed E-state index contributed by atoms with van der Waals surface area (Å²) in [5.41, 5.74) is 3.02. The maximum atomic E-state index is 4.02. The van der Waals surface area contributed by atoms with Crippen molar-refractivity contribution in [2.75, 3.05) is 31.9 Å². The molecule has 0 atom stereocenters. The van der Waals surface area contributed by atoms with Crippen LogP contribution in [0.2, 0.25) is 0 Å². The molecule has 5 heteroatoms. The van der Waals surface area contributed by atoms with E-state index >= 15 is 0 Å². The molecule has 1 aromatic heterocycles. The predicted octanol–water partition coefficient (Wildman–Crippen LogP) is 0.407. The summed E-state index contributed by atoms with van der Waals surface area (Å²) in [7, 11) is 5.63. The minimum absolute atomic E-state index is 0.777. The molecule has 5 nitrogen and oxygen atoms in total. The lowest BCUT2D eigenvalue weighted by atomic mass is 10.5. The average molecular weight is 167 g/mol. The SMILES string of the molecule is CNc1cc(NN(C)C)ncn1. The van der Waals surface area contributed by atoms with Crippen molar-refractivity contribution in [3.8, 4) is 0 Å². The van der Waals surface area contributed by atoms with Crippen LogP contribution in [0, 0.1) is 0 Å². The number of rotatable bonds is 3. The molecule has 12 heavy (non-hydrogen) atoms. The van der Waals surface area contributed by atoms with Gasteiger partial charge in [0.1, 0.15) is 18.0 Å². The molecule has 0 aromatic carbocycles. The number of hydrazine groups is 1. The Morgan fingerprint density at radius 1 is 1.25 bits per heavy atom. The van der Waals surface area contributed by atoms with Gasteiger partial charge in [-0.2, -0.15) is 0 Å². The van der Waals surface area contributed by atoms with Crippen LogP contribution in [-0.4, -0.2) is 36.1 Å². The van der Waals surface area contributed by atoms with Crippen molar-refractivity contribution in [3.05, 3.63) is 12.4 Å². The summed E-state index contributed by atoms with van der Waals surface area (Å²) in [6.45, 7) is 0. The minimum Gasteiger partial charge on any atom is -0.373 e. The highest BCUT2D eigenvalue weighted by Crippen LogP contribution is 2.06. The molecular weight excluding hydrogens is 154 g/mol. The van der Waals surface area contributed by atoms with Gasteiger partial charge in [0.25, 0.3) is 0 Å². The molecule has 0 aliphatic carbocycles. The van der Waals surface area contributed by atoms with Crippen molar-refractivity contribution in [1.29, 1.82) is 0 Å². The van der Waals surface area contributed by atoms with Crippen molar-refractivity contribution in [1.82, 2.24) is 15.0 Å². The third-order valence-corrected chi connectivity index (χ3v) is 1.26. The van der Waals surface area contributed by atoms with Gasteiger partial charge in [0.2, 0.25) is 0 Å². The lowest BCUT2D eigenvalue weighted by molar-refractivity contribution is 0.492. The number of hydrogen-bond donors (Lipinski definition) is 2. The van der Waals surface area contributed by atoms with E-state index < -0.39 is 0 Å². The van der Waals surface area contributed by atoms with Crippen LogP contribution in [0.3, 0.4) is 0 Å². The van der Waals surface area contributed by atoms with E-state index in [0.29, 0.717) is 0 Å². The molecule has 0 amide bonds. The second-order valence-corrected chi connectivity index (χ2v) is 2.54. The minimum atomic E-state index is 0.777. The monoisotopic (exact) mass is 167 g/mol. The van der Waals surface area contributed by atoms with Gasteiger partial charge >= 0.3 is 0 Å². The molecule has 0 aliphatic heterocycles. The highest BCUT2D eigenvalue weighted by atomic mass is 15.5. The Morgan fingerprint density at radius 3 is 2.50 bits per heavy atom. The van der Waals surface area contributed by atoms with Gasteiger partial charge in [0.15, 0.2) is 0 Å². The van der Waals surface area contributed by atoms with Crippen LogP contribution < -0.4 is 10.7 Å². The molecule has 1 rings (SSSR count). The molecule has 2 N–H and O–H groups in total. The van der Waals surface area contributed by atoms with Crippen molar-refractivity contribution >= 4 is 11.6 Å². The van der Waals surface area contributed by atoms with E-state index in [2.05, 4.69) is 20.7 Å². The number of nitrogens with one attached hydrogen (secondary N) is 2. The first-order valence-electron chi connectivity index (χ1n) is 3.66. The molecule has 66 valence electrons. The van der Waals surface area contributed by atoms with Gasteiger partial charge in [0, 0.05) is 27.2 Å². The summed E-state index contributed by atoms with van der Waals surface area (Å²) in [5, 5.41) is 4.75. The number of aromatic nitrogens is 2. The first-order valence-corrected chi connectivity index (χ1v) is 3.66. The molecule has 0 unspecified atom stereocenters. The van der Waals surface area contributed by atoms with Gasteiger partial charge in [0.05, 0.1) is 0 Å². The molecule has 0 spiro atoms. The third-order valence-electron chi connectivity index (χ3n) is 1.26. The number of anilines is 2. The zero-order chi connectivity index (χ0) is 8.97. The van der Waals surface area contributed by atoms with E-state index in [-0.39, 0.29) is 0 Å². The Hall–Kier alpha value is -1.36. The van der Waals surface area contributed by atoms with E-state index in [0.717, 1.165) is 11.6 Å². The summed E-state index contributed by atoms with van der Waals surface area (Å²) < 4.78 is 0.